The van der Waals surface area contributed by atoms with Crippen LogP contribution in [-0.4, -0.2) is 44.6 Å². The minimum absolute atomic E-state index is 0.155. The molecule has 0 aliphatic carbocycles. The van der Waals surface area contributed by atoms with E-state index in [1.165, 1.54) is 6.33 Å². The normalized spacial score (nSPS) is 15.2. The first-order valence-electron chi connectivity index (χ1n) is 8.98. The second-order valence-electron chi connectivity index (χ2n) is 7.75. The van der Waals surface area contributed by atoms with Gasteiger partial charge in [-0.15, -0.1) is 0 Å². The van der Waals surface area contributed by atoms with Crippen molar-refractivity contribution < 1.29 is 9.53 Å². The summed E-state index contributed by atoms with van der Waals surface area (Å²) in [6.45, 7) is 6.71. The van der Waals surface area contributed by atoms with Gasteiger partial charge in [0.25, 0.3) is 5.56 Å². The number of benzene rings is 1. The molecule has 1 amide bonds. The van der Waals surface area contributed by atoms with Crippen molar-refractivity contribution in [1.82, 2.24) is 19.9 Å². The van der Waals surface area contributed by atoms with Crippen molar-refractivity contribution in [3.63, 3.8) is 0 Å². The maximum atomic E-state index is 12.2. The van der Waals surface area contributed by atoms with Gasteiger partial charge in [-0.05, 0) is 50.5 Å². The Morgan fingerprint density at radius 3 is 2.81 bits per heavy atom. The van der Waals surface area contributed by atoms with Crippen molar-refractivity contribution in [2.45, 2.75) is 32.8 Å². The molecule has 0 unspecified atom stereocenters. The second-order valence-corrected chi connectivity index (χ2v) is 7.75. The highest BCUT2D eigenvalue weighted by Crippen LogP contribution is 2.28. The molecule has 1 aliphatic heterocycles. The lowest BCUT2D eigenvalue weighted by atomic mass is 9.98. The van der Waals surface area contributed by atoms with Gasteiger partial charge in [-0.1, -0.05) is 12.1 Å². The zero-order valence-electron chi connectivity index (χ0n) is 15.6. The minimum atomic E-state index is -0.497. The van der Waals surface area contributed by atoms with Crippen LogP contribution in [0.2, 0.25) is 0 Å². The van der Waals surface area contributed by atoms with E-state index in [1.807, 2.05) is 45.0 Å². The van der Waals surface area contributed by atoms with E-state index in [4.69, 9.17) is 4.74 Å². The fourth-order valence-corrected chi connectivity index (χ4v) is 3.36. The van der Waals surface area contributed by atoms with Gasteiger partial charge in [-0.3, -0.25) is 4.79 Å². The molecular formula is C20H22N4O3. The van der Waals surface area contributed by atoms with Crippen LogP contribution in [-0.2, 0) is 4.74 Å². The molecule has 0 fully saturated rings. The smallest absolute Gasteiger partial charge is 0.410 e. The maximum absolute atomic E-state index is 12.2. The first-order valence-corrected chi connectivity index (χ1v) is 8.98. The van der Waals surface area contributed by atoms with Crippen LogP contribution in [0.5, 0.6) is 0 Å². The molecule has 1 aliphatic rings. The highest BCUT2D eigenvalue weighted by atomic mass is 16.6. The number of rotatable bonds is 1. The summed E-state index contributed by atoms with van der Waals surface area (Å²) in [6, 6.07) is 6.01. The number of aromatic amines is 2. The van der Waals surface area contributed by atoms with Gasteiger partial charge in [0.1, 0.15) is 11.2 Å². The predicted octanol–water partition coefficient (Wildman–Crippen LogP) is 3.43. The zero-order valence-corrected chi connectivity index (χ0v) is 15.6. The molecule has 27 heavy (non-hydrogen) atoms. The van der Waals surface area contributed by atoms with Crippen LogP contribution < -0.4 is 5.56 Å². The number of aromatic nitrogens is 3. The van der Waals surface area contributed by atoms with Crippen LogP contribution in [0.4, 0.5) is 4.79 Å². The van der Waals surface area contributed by atoms with Crippen molar-refractivity contribution in [2.24, 2.45) is 0 Å². The Bertz CT molecular complexity index is 1120. The molecule has 2 N–H and O–H groups in total. The van der Waals surface area contributed by atoms with Crippen LogP contribution in [0.15, 0.2) is 35.4 Å². The van der Waals surface area contributed by atoms with Gasteiger partial charge in [-0.25, -0.2) is 9.78 Å². The zero-order chi connectivity index (χ0) is 19.2. The van der Waals surface area contributed by atoms with E-state index in [-0.39, 0.29) is 11.7 Å². The average molecular weight is 366 g/mol. The minimum Gasteiger partial charge on any atom is -0.444 e. The van der Waals surface area contributed by atoms with Crippen molar-refractivity contribution in [1.29, 1.82) is 0 Å². The molecule has 2 aromatic heterocycles. The molecular weight excluding hydrogens is 344 g/mol. The van der Waals surface area contributed by atoms with Gasteiger partial charge in [0.2, 0.25) is 0 Å². The van der Waals surface area contributed by atoms with Crippen molar-refractivity contribution in [2.75, 3.05) is 13.1 Å². The van der Waals surface area contributed by atoms with E-state index in [2.05, 4.69) is 15.0 Å². The highest BCUT2D eigenvalue weighted by Gasteiger charge is 2.24. The first-order chi connectivity index (χ1) is 12.8. The molecule has 7 heteroatoms. The Morgan fingerprint density at radius 2 is 2.11 bits per heavy atom. The van der Waals surface area contributed by atoms with E-state index in [0.29, 0.717) is 24.1 Å². The number of carbonyl (C=O) groups is 1. The van der Waals surface area contributed by atoms with Crippen molar-refractivity contribution in [3.05, 3.63) is 46.5 Å². The van der Waals surface area contributed by atoms with E-state index in [9.17, 15) is 9.59 Å². The van der Waals surface area contributed by atoms with E-state index in [1.54, 1.807) is 4.90 Å². The fourth-order valence-electron chi connectivity index (χ4n) is 3.36. The second kappa shape index (κ2) is 6.26. The topological polar surface area (TPSA) is 91.1 Å². The summed E-state index contributed by atoms with van der Waals surface area (Å²) in [7, 11) is 0. The number of carbonyl (C=O) groups excluding carboxylic acids is 1. The summed E-state index contributed by atoms with van der Waals surface area (Å²) in [5.41, 5.74) is 3.02. The summed E-state index contributed by atoms with van der Waals surface area (Å²) in [4.78, 5) is 36.1. The van der Waals surface area contributed by atoms with E-state index < -0.39 is 5.60 Å². The lowest BCUT2D eigenvalue weighted by Crippen LogP contribution is -2.39. The number of fused-ring (bicyclic) bond motifs is 3. The molecule has 3 aromatic rings. The summed E-state index contributed by atoms with van der Waals surface area (Å²) in [5.74, 6) is 0. The third-order valence-corrected chi connectivity index (χ3v) is 4.63. The SMILES string of the molecule is CC(C)(C)OC(=O)N1CC=C(c2ccc3[nH]c4nc[nH]c(=O)c4c3c2)CC1. The number of hydrogen-bond donors (Lipinski definition) is 2. The van der Waals surface area contributed by atoms with Gasteiger partial charge in [0.05, 0.1) is 11.7 Å². The summed E-state index contributed by atoms with van der Waals surface area (Å²) < 4.78 is 5.44. The number of ether oxygens (including phenoxy) is 1. The van der Waals surface area contributed by atoms with Crippen LogP contribution in [0.3, 0.4) is 0 Å². The molecule has 4 rings (SSSR count). The third-order valence-electron chi connectivity index (χ3n) is 4.63. The molecule has 140 valence electrons. The van der Waals surface area contributed by atoms with E-state index >= 15 is 0 Å². The highest BCUT2D eigenvalue weighted by molar-refractivity contribution is 6.06. The number of amides is 1. The Kier molecular flexibility index (Phi) is 4.02. The van der Waals surface area contributed by atoms with Gasteiger partial charge in [-0.2, -0.15) is 0 Å². The van der Waals surface area contributed by atoms with Crippen LogP contribution in [0.25, 0.3) is 27.5 Å². The van der Waals surface area contributed by atoms with Crippen molar-refractivity contribution in [3.8, 4) is 0 Å². The summed E-state index contributed by atoms with van der Waals surface area (Å²) in [6.07, 6.45) is 3.89. The molecule has 0 spiro atoms. The first kappa shape index (κ1) is 17.3. The molecule has 0 atom stereocenters. The monoisotopic (exact) mass is 366 g/mol. The van der Waals surface area contributed by atoms with Gasteiger partial charge in [0, 0.05) is 24.0 Å². The third kappa shape index (κ3) is 3.32. The molecule has 0 saturated heterocycles. The molecule has 1 aromatic carbocycles. The van der Waals surface area contributed by atoms with Gasteiger partial charge < -0.3 is 19.6 Å². The number of hydrogen-bond acceptors (Lipinski definition) is 4. The lowest BCUT2D eigenvalue weighted by Gasteiger charge is -2.29. The Labute approximate surface area is 156 Å². The molecule has 0 radical (unpaired) electrons. The molecule has 0 saturated carbocycles. The predicted molar refractivity (Wildman–Crippen MR) is 105 cm³/mol. The summed E-state index contributed by atoms with van der Waals surface area (Å²) >= 11 is 0. The quantitative estimate of drug-likeness (QED) is 0.690. The molecule has 7 nitrogen and oxygen atoms in total. The Morgan fingerprint density at radius 1 is 1.30 bits per heavy atom. The largest absolute Gasteiger partial charge is 0.444 e. The van der Waals surface area contributed by atoms with E-state index in [0.717, 1.165) is 28.5 Å². The van der Waals surface area contributed by atoms with Gasteiger partial charge >= 0.3 is 6.09 Å². The molecule has 0 bridgehead atoms. The lowest BCUT2D eigenvalue weighted by molar-refractivity contribution is 0.0270. The van der Waals surface area contributed by atoms with Crippen molar-refractivity contribution >= 4 is 33.6 Å². The Hall–Kier alpha value is -3.09. The van der Waals surface area contributed by atoms with Crippen LogP contribution in [0, 0.1) is 0 Å². The number of nitrogens with one attached hydrogen (secondary N) is 2. The van der Waals surface area contributed by atoms with Gasteiger partial charge in [0.15, 0.2) is 0 Å². The number of nitrogens with zero attached hydrogens (tertiary/aromatic N) is 2. The van der Waals surface area contributed by atoms with Crippen LogP contribution in [0.1, 0.15) is 32.8 Å². The maximum Gasteiger partial charge on any atom is 0.410 e. The van der Waals surface area contributed by atoms with Crippen LogP contribution >= 0.6 is 0 Å². The fraction of sp³-hybridized carbons (Fsp3) is 0.350. The summed E-state index contributed by atoms with van der Waals surface area (Å²) in [5, 5.41) is 1.42. The Balaban J connectivity index is 1.63. The number of H-pyrrole nitrogens is 2. The average Bonchev–Trinajstić information content (AvgIpc) is 2.99. The molecule has 3 heterocycles. The standard InChI is InChI=1S/C20H22N4O3/c1-20(2,3)27-19(26)24-8-6-12(7-9-24)13-4-5-15-14(10-13)16-17(23-15)21-11-22-18(16)25/h4-6,10-11H,7-9H2,1-3H3,(H2,21,22,23,25).